The lowest BCUT2D eigenvalue weighted by Gasteiger charge is -2.05. The second kappa shape index (κ2) is 6.09. The van der Waals surface area contributed by atoms with Crippen LogP contribution >= 0.6 is 0 Å². The Labute approximate surface area is 123 Å². The summed E-state index contributed by atoms with van der Waals surface area (Å²) in [6.45, 7) is 0. The maximum Gasteiger partial charge on any atom is 0.325 e. The number of nitrogens with two attached hydrogens (primary N) is 1. The summed E-state index contributed by atoms with van der Waals surface area (Å²) in [6.07, 6.45) is 4.48. The van der Waals surface area contributed by atoms with Crippen molar-refractivity contribution in [3.8, 4) is 0 Å². The van der Waals surface area contributed by atoms with Gasteiger partial charge in [-0.1, -0.05) is 30.3 Å². The van der Waals surface area contributed by atoms with Crippen LogP contribution in [0, 0.1) is 11.3 Å². The van der Waals surface area contributed by atoms with Crippen LogP contribution < -0.4 is 5.73 Å². The van der Waals surface area contributed by atoms with Crippen molar-refractivity contribution in [3.05, 3.63) is 41.5 Å². The van der Waals surface area contributed by atoms with Gasteiger partial charge in [-0.3, -0.25) is 10.2 Å². The Morgan fingerprint density at radius 3 is 2.48 bits per heavy atom. The van der Waals surface area contributed by atoms with Crippen molar-refractivity contribution in [1.29, 1.82) is 5.41 Å². The predicted octanol–water partition coefficient (Wildman–Crippen LogP) is 1.42. The molecule has 0 radical (unpaired) electrons. The fourth-order valence-corrected chi connectivity index (χ4v) is 2.70. The molecule has 1 aliphatic rings. The van der Waals surface area contributed by atoms with Crippen molar-refractivity contribution >= 4 is 28.0 Å². The zero-order valence-electron chi connectivity index (χ0n) is 11.3. The summed E-state index contributed by atoms with van der Waals surface area (Å²) in [4.78, 5) is 11.4. The number of carbonyl (C=O) groups excluding carboxylic acids is 1. The molecule has 1 fully saturated rings. The van der Waals surface area contributed by atoms with Gasteiger partial charge in [0.25, 0.3) is 0 Å². The van der Waals surface area contributed by atoms with Gasteiger partial charge in [0.05, 0.1) is 5.92 Å². The molecule has 3 N–H and O–H groups in total. The molecule has 0 saturated heterocycles. The standard InChI is InChI=1S/C14H16N2O4S/c15-13(16)8-5-10-1-3-11(4-2-10)9-21(18,19)20-14(17)12-6-7-12/h1-5,8,12H,6-7,9H2,(H3,15,16). The Morgan fingerprint density at radius 2 is 1.95 bits per heavy atom. The zero-order valence-corrected chi connectivity index (χ0v) is 12.1. The molecule has 1 saturated carbocycles. The smallest absolute Gasteiger partial charge is 0.325 e. The molecule has 2 rings (SSSR count). The van der Waals surface area contributed by atoms with E-state index in [2.05, 4.69) is 4.18 Å². The summed E-state index contributed by atoms with van der Waals surface area (Å²) in [7, 11) is -3.90. The molecule has 1 aromatic rings. The van der Waals surface area contributed by atoms with Crippen LogP contribution in [0.5, 0.6) is 0 Å². The first-order valence-corrected chi connectivity index (χ1v) is 8.00. The van der Waals surface area contributed by atoms with Gasteiger partial charge < -0.3 is 9.92 Å². The van der Waals surface area contributed by atoms with E-state index in [1.807, 2.05) is 0 Å². The lowest BCUT2D eigenvalue weighted by atomic mass is 10.1. The third kappa shape index (κ3) is 5.03. The number of nitrogens with one attached hydrogen (secondary N) is 1. The van der Waals surface area contributed by atoms with E-state index in [-0.39, 0.29) is 17.5 Å². The van der Waals surface area contributed by atoms with Crippen LogP contribution in [0.15, 0.2) is 30.3 Å². The molecule has 0 spiro atoms. The summed E-state index contributed by atoms with van der Waals surface area (Å²) in [5.41, 5.74) is 6.52. The van der Waals surface area contributed by atoms with Crippen molar-refractivity contribution < 1.29 is 17.4 Å². The highest BCUT2D eigenvalue weighted by atomic mass is 32.2. The van der Waals surface area contributed by atoms with Gasteiger partial charge in [-0.15, -0.1) is 0 Å². The maximum atomic E-state index is 11.7. The van der Waals surface area contributed by atoms with E-state index in [4.69, 9.17) is 11.1 Å². The molecule has 0 aromatic heterocycles. The average molecular weight is 308 g/mol. The minimum absolute atomic E-state index is 0.0614. The molecule has 0 atom stereocenters. The van der Waals surface area contributed by atoms with E-state index >= 15 is 0 Å². The molecular formula is C14H16N2O4S. The Hall–Kier alpha value is -2.15. The normalized spacial score (nSPS) is 15.0. The van der Waals surface area contributed by atoms with Crippen molar-refractivity contribution in [2.45, 2.75) is 18.6 Å². The van der Waals surface area contributed by atoms with Crippen molar-refractivity contribution in [1.82, 2.24) is 0 Å². The molecular weight excluding hydrogens is 292 g/mol. The highest BCUT2D eigenvalue weighted by Gasteiger charge is 2.34. The highest BCUT2D eigenvalue weighted by molar-refractivity contribution is 7.86. The number of hydrogen-bond donors (Lipinski definition) is 2. The third-order valence-electron chi connectivity index (χ3n) is 2.90. The largest absolute Gasteiger partial charge is 0.384 e. The van der Waals surface area contributed by atoms with Gasteiger partial charge in [-0.2, -0.15) is 8.42 Å². The van der Waals surface area contributed by atoms with Gasteiger partial charge in [-0.25, -0.2) is 0 Å². The molecule has 0 aliphatic heterocycles. The molecule has 0 bridgehead atoms. The maximum absolute atomic E-state index is 11.7. The monoisotopic (exact) mass is 308 g/mol. The number of amidine groups is 1. The highest BCUT2D eigenvalue weighted by Crippen LogP contribution is 2.31. The molecule has 1 aliphatic carbocycles. The lowest BCUT2D eigenvalue weighted by Crippen LogP contribution is -2.16. The topological polar surface area (TPSA) is 110 Å². The number of carbonyl (C=O) groups is 1. The Bertz CT molecular complexity index is 673. The van der Waals surface area contributed by atoms with Crippen molar-refractivity contribution in [2.24, 2.45) is 11.7 Å². The van der Waals surface area contributed by atoms with Gasteiger partial charge in [-0.05, 0) is 30.0 Å². The molecule has 21 heavy (non-hydrogen) atoms. The molecule has 0 unspecified atom stereocenters. The molecule has 6 nitrogen and oxygen atoms in total. The fourth-order valence-electron chi connectivity index (χ4n) is 1.66. The van der Waals surface area contributed by atoms with E-state index < -0.39 is 16.1 Å². The van der Waals surface area contributed by atoms with Gasteiger partial charge >= 0.3 is 16.1 Å². The number of hydrogen-bond acceptors (Lipinski definition) is 5. The first kappa shape index (κ1) is 15.2. The van der Waals surface area contributed by atoms with Crippen LogP contribution in [0.1, 0.15) is 24.0 Å². The van der Waals surface area contributed by atoms with E-state index in [1.165, 1.54) is 6.08 Å². The molecule has 0 amide bonds. The first-order chi connectivity index (χ1) is 9.85. The van der Waals surface area contributed by atoms with Crippen molar-refractivity contribution in [3.63, 3.8) is 0 Å². The third-order valence-corrected chi connectivity index (χ3v) is 4.00. The summed E-state index contributed by atoms with van der Waals surface area (Å²) in [5.74, 6) is -1.31. The van der Waals surface area contributed by atoms with Crippen LogP contribution in [-0.2, 0) is 24.8 Å². The molecule has 7 heteroatoms. The van der Waals surface area contributed by atoms with Gasteiger partial charge in [0.15, 0.2) is 0 Å². The van der Waals surface area contributed by atoms with Crippen LogP contribution in [0.2, 0.25) is 0 Å². The fraction of sp³-hybridized carbons (Fsp3) is 0.286. The average Bonchev–Trinajstić information content (AvgIpc) is 3.21. The molecule has 1 aromatic carbocycles. The van der Waals surface area contributed by atoms with E-state index in [9.17, 15) is 13.2 Å². The van der Waals surface area contributed by atoms with Crippen LogP contribution in [0.3, 0.4) is 0 Å². The van der Waals surface area contributed by atoms with E-state index in [0.717, 1.165) is 5.56 Å². The summed E-state index contributed by atoms with van der Waals surface area (Å²) in [5, 5.41) is 7.07. The predicted molar refractivity (Wildman–Crippen MR) is 78.8 cm³/mol. The second-order valence-corrected chi connectivity index (χ2v) is 6.48. The van der Waals surface area contributed by atoms with Gasteiger partial charge in [0.1, 0.15) is 11.6 Å². The van der Waals surface area contributed by atoms with Crippen LogP contribution in [0.4, 0.5) is 0 Å². The molecule has 112 valence electrons. The summed E-state index contributed by atoms with van der Waals surface area (Å²) < 4.78 is 28.0. The minimum Gasteiger partial charge on any atom is -0.384 e. The Balaban J connectivity index is 1.98. The van der Waals surface area contributed by atoms with E-state index in [1.54, 1.807) is 30.3 Å². The first-order valence-electron chi connectivity index (χ1n) is 6.43. The van der Waals surface area contributed by atoms with Gasteiger partial charge in [0.2, 0.25) is 0 Å². The number of benzene rings is 1. The van der Waals surface area contributed by atoms with Crippen LogP contribution in [-0.4, -0.2) is 20.2 Å². The molecule has 0 heterocycles. The van der Waals surface area contributed by atoms with Crippen molar-refractivity contribution in [2.75, 3.05) is 0 Å². The van der Waals surface area contributed by atoms with Gasteiger partial charge in [0, 0.05) is 0 Å². The minimum atomic E-state index is -3.90. The summed E-state index contributed by atoms with van der Waals surface area (Å²) >= 11 is 0. The Morgan fingerprint density at radius 1 is 1.33 bits per heavy atom. The second-order valence-electron chi connectivity index (χ2n) is 4.91. The SMILES string of the molecule is N=C(N)C=Cc1ccc(CS(=O)(=O)OC(=O)C2CC2)cc1. The Kier molecular flexibility index (Phi) is 4.42. The van der Waals surface area contributed by atoms with E-state index in [0.29, 0.717) is 18.4 Å². The quantitative estimate of drug-likeness (QED) is 0.469. The van der Waals surface area contributed by atoms with Crippen LogP contribution in [0.25, 0.3) is 6.08 Å². The number of rotatable bonds is 6. The zero-order chi connectivity index (χ0) is 15.5. The summed E-state index contributed by atoms with van der Waals surface area (Å²) in [6, 6.07) is 6.66. The lowest BCUT2D eigenvalue weighted by molar-refractivity contribution is -0.135.